The Labute approximate surface area is 112 Å². The van der Waals surface area contributed by atoms with E-state index >= 15 is 0 Å². The molecule has 1 aromatic carbocycles. The minimum Gasteiger partial charge on any atom is -0.494 e. The van der Waals surface area contributed by atoms with Crippen LogP contribution in [0.25, 0.3) is 0 Å². The number of anilines is 1. The van der Waals surface area contributed by atoms with Gasteiger partial charge >= 0.3 is 5.97 Å². The average Bonchev–Trinajstić information content (AvgIpc) is 2.46. The van der Waals surface area contributed by atoms with Gasteiger partial charge in [-0.1, -0.05) is 6.92 Å². The summed E-state index contributed by atoms with van der Waals surface area (Å²) in [6, 6.07) is 8.99. The summed E-state index contributed by atoms with van der Waals surface area (Å²) in [6.07, 6.45) is 2.27. The molecule has 1 rings (SSSR count). The largest absolute Gasteiger partial charge is 0.494 e. The van der Waals surface area contributed by atoms with Crippen molar-refractivity contribution in [1.29, 1.82) is 5.26 Å². The van der Waals surface area contributed by atoms with Crippen molar-refractivity contribution >= 4 is 11.7 Å². The number of carbonyl (C=O) groups is 1. The molecule has 0 amide bonds. The molecule has 100 valence electrons. The molecule has 0 atom stereocenters. The van der Waals surface area contributed by atoms with Crippen LogP contribution in [0, 0.1) is 11.3 Å². The molecule has 0 fully saturated rings. The highest BCUT2D eigenvalue weighted by Gasteiger charge is 2.07. The highest BCUT2D eigenvalue weighted by atomic mass is 16.5. The summed E-state index contributed by atoms with van der Waals surface area (Å²) in [4.78, 5) is 11.2. The molecular weight excluding hydrogens is 244 g/mol. The number of nitrogens with one attached hydrogen (secondary N) is 1. The van der Waals surface area contributed by atoms with Crippen LogP contribution in [-0.2, 0) is 9.53 Å². The van der Waals surface area contributed by atoms with Crippen LogP contribution < -0.4 is 10.1 Å². The summed E-state index contributed by atoms with van der Waals surface area (Å²) < 4.78 is 9.91. The molecule has 0 aromatic heterocycles. The second-order valence-corrected chi connectivity index (χ2v) is 3.68. The van der Waals surface area contributed by atoms with E-state index in [1.807, 2.05) is 19.1 Å². The molecule has 0 aliphatic carbocycles. The van der Waals surface area contributed by atoms with Crippen LogP contribution >= 0.6 is 0 Å². The lowest BCUT2D eigenvalue weighted by atomic mass is 10.3. The van der Waals surface area contributed by atoms with Gasteiger partial charge in [0.25, 0.3) is 0 Å². The Morgan fingerprint density at radius 3 is 2.63 bits per heavy atom. The smallest absolute Gasteiger partial charge is 0.350 e. The van der Waals surface area contributed by atoms with Gasteiger partial charge in [-0.3, -0.25) is 0 Å². The third kappa shape index (κ3) is 4.72. The van der Waals surface area contributed by atoms with Crippen molar-refractivity contribution in [2.45, 2.75) is 13.3 Å². The summed E-state index contributed by atoms with van der Waals surface area (Å²) in [5, 5.41) is 11.6. The Morgan fingerprint density at radius 1 is 1.42 bits per heavy atom. The average molecular weight is 260 g/mol. The fraction of sp³-hybridized carbons (Fsp3) is 0.286. The van der Waals surface area contributed by atoms with Gasteiger partial charge in [-0.25, -0.2) is 4.79 Å². The van der Waals surface area contributed by atoms with Crippen molar-refractivity contribution in [2.75, 3.05) is 19.0 Å². The lowest BCUT2D eigenvalue weighted by Gasteiger charge is -2.06. The van der Waals surface area contributed by atoms with E-state index in [2.05, 4.69) is 10.1 Å². The Hall–Kier alpha value is -2.48. The molecule has 0 radical (unpaired) electrons. The van der Waals surface area contributed by atoms with Crippen LogP contribution in [0.5, 0.6) is 5.75 Å². The minimum atomic E-state index is -0.669. The van der Waals surface area contributed by atoms with E-state index in [4.69, 9.17) is 10.00 Å². The molecule has 0 spiro atoms. The van der Waals surface area contributed by atoms with Gasteiger partial charge in [0.05, 0.1) is 13.7 Å². The maximum Gasteiger partial charge on any atom is 0.350 e. The Morgan fingerprint density at radius 2 is 2.11 bits per heavy atom. The maximum atomic E-state index is 11.2. The molecule has 1 N–H and O–H groups in total. The van der Waals surface area contributed by atoms with E-state index in [9.17, 15) is 4.79 Å². The zero-order valence-corrected chi connectivity index (χ0v) is 11.0. The lowest BCUT2D eigenvalue weighted by molar-refractivity contribution is -0.135. The summed E-state index contributed by atoms with van der Waals surface area (Å²) in [5.41, 5.74) is 0.661. The number of hydrogen-bond donors (Lipinski definition) is 1. The monoisotopic (exact) mass is 260 g/mol. The molecule has 5 heteroatoms. The number of benzene rings is 1. The van der Waals surface area contributed by atoms with Crippen molar-refractivity contribution in [2.24, 2.45) is 0 Å². The van der Waals surface area contributed by atoms with E-state index in [0.29, 0.717) is 6.61 Å². The number of nitrogens with zero attached hydrogens (tertiary/aromatic N) is 1. The van der Waals surface area contributed by atoms with Crippen molar-refractivity contribution in [1.82, 2.24) is 0 Å². The van der Waals surface area contributed by atoms with Gasteiger partial charge in [0.15, 0.2) is 5.57 Å². The molecule has 0 bridgehead atoms. The van der Waals surface area contributed by atoms with E-state index in [-0.39, 0.29) is 5.57 Å². The number of rotatable bonds is 6. The molecule has 0 aliphatic heterocycles. The standard InChI is InChI=1S/C14H16N2O3/c1-3-8-19-13-6-4-12(5-7-13)16-10-11(9-15)14(17)18-2/h4-7,10,16H,3,8H2,1-2H3/b11-10+. The number of methoxy groups -OCH3 is 1. The van der Waals surface area contributed by atoms with Crippen LogP contribution in [-0.4, -0.2) is 19.7 Å². The topological polar surface area (TPSA) is 71.3 Å². The molecule has 0 saturated heterocycles. The van der Waals surface area contributed by atoms with Gasteiger partial charge < -0.3 is 14.8 Å². The first-order chi connectivity index (χ1) is 9.21. The van der Waals surface area contributed by atoms with Crippen LogP contribution in [0.2, 0.25) is 0 Å². The summed E-state index contributed by atoms with van der Waals surface area (Å²) >= 11 is 0. The molecule has 1 aromatic rings. The number of esters is 1. The van der Waals surface area contributed by atoms with Crippen LogP contribution in [0.4, 0.5) is 5.69 Å². The SMILES string of the molecule is CCCOc1ccc(N/C=C(\C#N)C(=O)OC)cc1. The molecule has 0 aliphatic rings. The van der Waals surface area contributed by atoms with Gasteiger partial charge in [-0.15, -0.1) is 0 Å². The fourth-order valence-electron chi connectivity index (χ4n) is 1.27. The van der Waals surface area contributed by atoms with Crippen LogP contribution in [0.1, 0.15) is 13.3 Å². The number of nitriles is 1. The second-order valence-electron chi connectivity index (χ2n) is 3.68. The second kappa shape index (κ2) is 7.77. The first kappa shape index (κ1) is 14.6. The predicted molar refractivity (Wildman–Crippen MR) is 71.6 cm³/mol. The number of carbonyl (C=O) groups excluding carboxylic acids is 1. The quantitative estimate of drug-likeness (QED) is 0.483. The van der Waals surface area contributed by atoms with Gasteiger partial charge in [0.1, 0.15) is 11.8 Å². The molecule has 0 unspecified atom stereocenters. The predicted octanol–water partition coefficient (Wildman–Crippen LogP) is 2.47. The van der Waals surface area contributed by atoms with Gasteiger partial charge in [0, 0.05) is 11.9 Å². The molecule has 0 heterocycles. The molecule has 5 nitrogen and oxygen atoms in total. The maximum absolute atomic E-state index is 11.2. The molecule has 0 saturated carbocycles. The molecule has 19 heavy (non-hydrogen) atoms. The minimum absolute atomic E-state index is 0.0891. The first-order valence-electron chi connectivity index (χ1n) is 5.89. The van der Waals surface area contributed by atoms with Crippen LogP contribution in [0.3, 0.4) is 0 Å². The Bertz CT molecular complexity index is 486. The highest BCUT2D eigenvalue weighted by Crippen LogP contribution is 2.16. The summed E-state index contributed by atoms with van der Waals surface area (Å²) in [5.74, 6) is 0.114. The normalized spacial score (nSPS) is 10.5. The van der Waals surface area contributed by atoms with E-state index < -0.39 is 5.97 Å². The van der Waals surface area contributed by atoms with E-state index in [1.54, 1.807) is 18.2 Å². The van der Waals surface area contributed by atoms with Crippen LogP contribution in [0.15, 0.2) is 36.0 Å². The zero-order chi connectivity index (χ0) is 14.1. The Balaban J connectivity index is 2.65. The van der Waals surface area contributed by atoms with Crippen molar-refractivity contribution in [3.8, 4) is 11.8 Å². The fourth-order valence-corrected chi connectivity index (χ4v) is 1.27. The summed E-state index contributed by atoms with van der Waals surface area (Å²) in [6.45, 7) is 2.71. The van der Waals surface area contributed by atoms with E-state index in [0.717, 1.165) is 17.9 Å². The highest BCUT2D eigenvalue weighted by molar-refractivity contribution is 5.92. The van der Waals surface area contributed by atoms with Gasteiger partial charge in [-0.05, 0) is 30.7 Å². The Kier molecular flexibility index (Phi) is 5.96. The zero-order valence-electron chi connectivity index (χ0n) is 11.0. The van der Waals surface area contributed by atoms with Crippen molar-refractivity contribution in [3.63, 3.8) is 0 Å². The lowest BCUT2D eigenvalue weighted by Crippen LogP contribution is -2.05. The first-order valence-corrected chi connectivity index (χ1v) is 5.89. The van der Waals surface area contributed by atoms with Gasteiger partial charge in [0.2, 0.25) is 0 Å². The summed E-state index contributed by atoms with van der Waals surface area (Å²) in [7, 11) is 1.23. The number of hydrogen-bond acceptors (Lipinski definition) is 5. The van der Waals surface area contributed by atoms with Crippen molar-refractivity contribution < 1.29 is 14.3 Å². The van der Waals surface area contributed by atoms with Crippen molar-refractivity contribution in [3.05, 3.63) is 36.0 Å². The molecular formula is C14H16N2O3. The van der Waals surface area contributed by atoms with Gasteiger partial charge in [-0.2, -0.15) is 5.26 Å². The third-order valence-corrected chi connectivity index (χ3v) is 2.24. The van der Waals surface area contributed by atoms with E-state index in [1.165, 1.54) is 13.3 Å². The third-order valence-electron chi connectivity index (χ3n) is 2.24. The number of ether oxygens (including phenoxy) is 2.